The first kappa shape index (κ1) is 11.3. The van der Waals surface area contributed by atoms with Gasteiger partial charge in [0.05, 0.1) is 27.4 Å². The predicted molar refractivity (Wildman–Crippen MR) is 59.5 cm³/mol. The van der Waals surface area contributed by atoms with Crippen LogP contribution in [0.5, 0.6) is 0 Å². The van der Waals surface area contributed by atoms with E-state index < -0.39 is 17.3 Å². The van der Waals surface area contributed by atoms with Crippen molar-refractivity contribution in [1.82, 2.24) is 0 Å². The van der Waals surface area contributed by atoms with Crippen molar-refractivity contribution >= 4 is 29.2 Å². The van der Waals surface area contributed by atoms with Crippen LogP contribution in [0.2, 0.25) is 10.0 Å². The number of nitrogens with zero attached hydrogens (tertiary/aromatic N) is 1. The molecule has 5 heteroatoms. The zero-order valence-electron chi connectivity index (χ0n) is 8.08. The van der Waals surface area contributed by atoms with Gasteiger partial charge in [0, 0.05) is 0 Å². The van der Waals surface area contributed by atoms with Gasteiger partial charge in [-0.3, -0.25) is 4.79 Å². The highest BCUT2D eigenvalue weighted by molar-refractivity contribution is 6.42. The zero-order valence-corrected chi connectivity index (χ0v) is 9.59. The van der Waals surface area contributed by atoms with Gasteiger partial charge in [0.2, 0.25) is 0 Å². The summed E-state index contributed by atoms with van der Waals surface area (Å²) in [5.41, 5.74) is -0.308. The molecule has 0 radical (unpaired) electrons. The molecule has 0 aromatic heterocycles. The Bertz CT molecular complexity index is 509. The Hall–Kier alpha value is -1.24. The van der Waals surface area contributed by atoms with E-state index in [9.17, 15) is 4.79 Å². The maximum atomic E-state index is 10.9. The number of halogens is 2. The van der Waals surface area contributed by atoms with Crippen LogP contribution in [0.25, 0.3) is 0 Å². The molecule has 1 aliphatic carbocycles. The van der Waals surface area contributed by atoms with Gasteiger partial charge in [-0.15, -0.1) is 0 Å². The van der Waals surface area contributed by atoms with E-state index in [2.05, 4.69) is 6.07 Å². The highest BCUT2D eigenvalue weighted by Gasteiger charge is 2.60. The van der Waals surface area contributed by atoms with E-state index in [1.807, 2.05) is 0 Å². The van der Waals surface area contributed by atoms with Crippen LogP contribution in [0.3, 0.4) is 0 Å². The summed E-state index contributed by atoms with van der Waals surface area (Å²) >= 11 is 11.6. The first-order valence-electron chi connectivity index (χ1n) is 4.61. The van der Waals surface area contributed by atoms with Gasteiger partial charge in [0.15, 0.2) is 0 Å². The van der Waals surface area contributed by atoms with E-state index in [-0.39, 0.29) is 0 Å². The van der Waals surface area contributed by atoms with Crippen molar-refractivity contribution in [2.24, 2.45) is 5.92 Å². The van der Waals surface area contributed by atoms with E-state index in [4.69, 9.17) is 33.6 Å². The van der Waals surface area contributed by atoms with Crippen molar-refractivity contribution in [3.05, 3.63) is 33.8 Å². The molecule has 0 heterocycles. The van der Waals surface area contributed by atoms with Crippen molar-refractivity contribution < 1.29 is 9.90 Å². The van der Waals surface area contributed by atoms with Crippen LogP contribution in [0.15, 0.2) is 18.2 Å². The third-order valence-corrected chi connectivity index (χ3v) is 3.63. The van der Waals surface area contributed by atoms with E-state index in [0.717, 1.165) is 0 Å². The molecule has 0 bridgehead atoms. The summed E-state index contributed by atoms with van der Waals surface area (Å²) in [6, 6.07) is 6.86. The summed E-state index contributed by atoms with van der Waals surface area (Å²) in [6.07, 6.45) is 0.330. The van der Waals surface area contributed by atoms with Crippen LogP contribution >= 0.6 is 23.2 Å². The molecule has 0 saturated heterocycles. The second-order valence-electron chi connectivity index (χ2n) is 3.81. The largest absolute Gasteiger partial charge is 0.481 e. The quantitative estimate of drug-likeness (QED) is 0.884. The number of nitriles is 1. The molecule has 1 N–H and O–H groups in total. The molecule has 3 nitrogen and oxygen atoms in total. The molecule has 0 amide bonds. The maximum absolute atomic E-state index is 10.9. The maximum Gasteiger partial charge on any atom is 0.308 e. The number of benzene rings is 1. The number of carboxylic acids is 1. The van der Waals surface area contributed by atoms with Gasteiger partial charge in [-0.25, -0.2) is 0 Å². The molecule has 1 saturated carbocycles. The molecule has 2 rings (SSSR count). The number of hydrogen-bond donors (Lipinski definition) is 1. The van der Waals surface area contributed by atoms with Crippen molar-refractivity contribution in [3.63, 3.8) is 0 Å². The Morgan fingerprint density at radius 3 is 2.62 bits per heavy atom. The van der Waals surface area contributed by atoms with Gasteiger partial charge in [0.25, 0.3) is 0 Å². The summed E-state index contributed by atoms with van der Waals surface area (Å²) in [5, 5.41) is 18.7. The van der Waals surface area contributed by atoms with E-state index in [1.54, 1.807) is 18.2 Å². The fourth-order valence-corrected chi connectivity index (χ4v) is 2.14. The van der Waals surface area contributed by atoms with E-state index >= 15 is 0 Å². The lowest BCUT2D eigenvalue weighted by Crippen LogP contribution is -2.12. The molecule has 1 aromatic carbocycles. The molecular formula is C11H7Cl2NO2. The van der Waals surface area contributed by atoms with Crippen LogP contribution in [0, 0.1) is 17.2 Å². The summed E-state index contributed by atoms with van der Waals surface area (Å²) in [5.74, 6) is -1.60. The Morgan fingerprint density at radius 2 is 2.19 bits per heavy atom. The lowest BCUT2D eigenvalue weighted by Gasteiger charge is -2.08. The Morgan fingerprint density at radius 1 is 1.50 bits per heavy atom. The Labute approximate surface area is 102 Å². The minimum absolute atomic E-state index is 0.330. The number of carboxylic acid groups (broad SMARTS) is 1. The summed E-state index contributed by atoms with van der Waals surface area (Å²) in [4.78, 5) is 10.9. The van der Waals surface area contributed by atoms with Gasteiger partial charge >= 0.3 is 5.97 Å². The topological polar surface area (TPSA) is 61.1 Å². The highest BCUT2D eigenvalue weighted by Crippen LogP contribution is 2.54. The molecule has 1 unspecified atom stereocenters. The standard InChI is InChI=1S/C11H7Cl2NO2/c12-8-2-1-6(3-9(8)13)11(5-14)4-7(11)10(15)16/h1-3,7H,4H2,(H,15,16)/t7?,11-/m0/s1. The van der Waals surface area contributed by atoms with Crippen LogP contribution in [-0.4, -0.2) is 11.1 Å². The second kappa shape index (κ2) is 3.65. The molecule has 0 aliphatic heterocycles. The van der Waals surface area contributed by atoms with Gasteiger partial charge in [-0.2, -0.15) is 5.26 Å². The van der Waals surface area contributed by atoms with Crippen molar-refractivity contribution in [3.8, 4) is 6.07 Å². The number of aliphatic carboxylic acids is 1. The molecule has 16 heavy (non-hydrogen) atoms. The minimum Gasteiger partial charge on any atom is -0.481 e. The molecule has 1 aliphatic rings. The minimum atomic E-state index is -0.951. The average Bonchev–Trinajstić information content (AvgIpc) is 2.98. The first-order valence-corrected chi connectivity index (χ1v) is 5.36. The van der Waals surface area contributed by atoms with Gasteiger partial charge in [-0.1, -0.05) is 29.3 Å². The smallest absolute Gasteiger partial charge is 0.308 e. The highest BCUT2D eigenvalue weighted by atomic mass is 35.5. The van der Waals surface area contributed by atoms with Crippen molar-refractivity contribution in [1.29, 1.82) is 5.26 Å². The second-order valence-corrected chi connectivity index (χ2v) is 4.62. The summed E-state index contributed by atoms with van der Waals surface area (Å²) in [7, 11) is 0. The fraction of sp³-hybridized carbons (Fsp3) is 0.273. The molecular weight excluding hydrogens is 249 g/mol. The molecule has 2 atom stereocenters. The molecule has 1 fully saturated rings. The van der Waals surface area contributed by atoms with Crippen LogP contribution in [0.4, 0.5) is 0 Å². The van der Waals surface area contributed by atoms with E-state index in [1.165, 1.54) is 0 Å². The van der Waals surface area contributed by atoms with Crippen LogP contribution in [-0.2, 0) is 10.2 Å². The van der Waals surface area contributed by atoms with Crippen molar-refractivity contribution in [2.45, 2.75) is 11.8 Å². The monoisotopic (exact) mass is 255 g/mol. The molecule has 82 valence electrons. The van der Waals surface area contributed by atoms with Crippen LogP contribution < -0.4 is 0 Å². The van der Waals surface area contributed by atoms with Gasteiger partial charge in [0.1, 0.15) is 0 Å². The average molecular weight is 256 g/mol. The normalized spacial score (nSPS) is 27.2. The summed E-state index contributed by atoms with van der Waals surface area (Å²) < 4.78 is 0. The number of carbonyl (C=O) groups is 1. The third kappa shape index (κ3) is 1.55. The van der Waals surface area contributed by atoms with Crippen molar-refractivity contribution in [2.75, 3.05) is 0 Å². The Balaban J connectivity index is 2.42. The number of hydrogen-bond acceptors (Lipinski definition) is 2. The number of rotatable bonds is 2. The molecule has 1 aromatic rings. The SMILES string of the molecule is N#C[C@]1(c2ccc(Cl)c(Cl)c2)CC1C(=O)O. The zero-order chi connectivity index (χ0) is 11.9. The first-order chi connectivity index (χ1) is 7.51. The van der Waals surface area contributed by atoms with Gasteiger partial charge < -0.3 is 5.11 Å². The Kier molecular flexibility index (Phi) is 2.57. The van der Waals surface area contributed by atoms with Crippen LogP contribution in [0.1, 0.15) is 12.0 Å². The lowest BCUT2D eigenvalue weighted by molar-refractivity contribution is -0.138. The lowest BCUT2D eigenvalue weighted by atomic mass is 9.95. The predicted octanol–water partition coefficient (Wildman–Crippen LogP) is 2.86. The van der Waals surface area contributed by atoms with E-state index in [0.29, 0.717) is 22.0 Å². The van der Waals surface area contributed by atoms with Gasteiger partial charge in [-0.05, 0) is 24.1 Å². The summed E-state index contributed by atoms with van der Waals surface area (Å²) in [6.45, 7) is 0. The fourth-order valence-electron chi connectivity index (χ4n) is 1.84. The third-order valence-electron chi connectivity index (χ3n) is 2.89. The molecule has 0 spiro atoms.